The van der Waals surface area contributed by atoms with Crippen LogP contribution in [0.25, 0.3) is 0 Å². The van der Waals surface area contributed by atoms with Gasteiger partial charge in [0.2, 0.25) is 15.9 Å². The zero-order chi connectivity index (χ0) is 24.7. The number of rotatable bonds is 7. The van der Waals surface area contributed by atoms with Crippen LogP contribution in [0.15, 0.2) is 53.4 Å². The summed E-state index contributed by atoms with van der Waals surface area (Å²) in [7, 11) is -3.49. The molecule has 1 N–H and O–H groups in total. The number of nitrogens with one attached hydrogen (secondary N) is 1. The first kappa shape index (κ1) is 25.3. The minimum atomic E-state index is -3.49. The van der Waals surface area contributed by atoms with E-state index in [1.54, 1.807) is 28.6 Å². The van der Waals surface area contributed by atoms with Gasteiger partial charge >= 0.3 is 0 Å². The molecule has 2 aromatic rings. The van der Waals surface area contributed by atoms with E-state index >= 15 is 0 Å². The van der Waals surface area contributed by atoms with Crippen LogP contribution in [0.4, 0.5) is 5.69 Å². The van der Waals surface area contributed by atoms with Crippen molar-refractivity contribution < 1.29 is 13.2 Å². The Hall–Kier alpha value is -2.77. The van der Waals surface area contributed by atoms with Crippen molar-refractivity contribution in [3.8, 4) is 6.07 Å². The molecule has 2 saturated heterocycles. The topological polar surface area (TPSA) is 96.7 Å². The van der Waals surface area contributed by atoms with Gasteiger partial charge in [0.05, 0.1) is 23.1 Å². The highest BCUT2D eigenvalue weighted by Crippen LogP contribution is 2.22. The van der Waals surface area contributed by atoms with Crippen LogP contribution in [0, 0.1) is 11.3 Å². The highest BCUT2D eigenvalue weighted by atomic mass is 32.2. The first-order chi connectivity index (χ1) is 16.9. The largest absolute Gasteiger partial charge is 0.325 e. The number of carbonyl (C=O) groups is 1. The lowest BCUT2D eigenvalue weighted by atomic mass is 10.1. The van der Waals surface area contributed by atoms with E-state index in [0.717, 1.165) is 58.4 Å². The van der Waals surface area contributed by atoms with Crippen LogP contribution in [0.2, 0.25) is 0 Å². The van der Waals surface area contributed by atoms with E-state index in [1.165, 1.54) is 5.56 Å². The van der Waals surface area contributed by atoms with E-state index in [0.29, 0.717) is 30.9 Å². The van der Waals surface area contributed by atoms with Crippen molar-refractivity contribution in [1.82, 2.24) is 14.1 Å². The Morgan fingerprint density at radius 1 is 0.829 bits per heavy atom. The van der Waals surface area contributed by atoms with E-state index in [9.17, 15) is 13.2 Å². The Labute approximate surface area is 208 Å². The Bertz CT molecular complexity index is 1130. The van der Waals surface area contributed by atoms with Gasteiger partial charge in [-0.3, -0.25) is 14.6 Å². The fourth-order valence-electron chi connectivity index (χ4n) is 4.59. The van der Waals surface area contributed by atoms with Crippen LogP contribution in [-0.4, -0.2) is 74.2 Å². The van der Waals surface area contributed by atoms with Gasteiger partial charge in [-0.05, 0) is 54.8 Å². The van der Waals surface area contributed by atoms with E-state index in [4.69, 9.17) is 5.26 Å². The first-order valence-electron chi connectivity index (χ1n) is 12.3. The summed E-state index contributed by atoms with van der Waals surface area (Å²) in [5.74, 6) is -0.103. The van der Waals surface area contributed by atoms with Crippen molar-refractivity contribution in [3.05, 3.63) is 59.7 Å². The number of hydrogen-bond acceptors (Lipinski definition) is 6. The maximum Gasteiger partial charge on any atom is 0.243 e. The van der Waals surface area contributed by atoms with Crippen LogP contribution in [0.1, 0.15) is 36.8 Å². The van der Waals surface area contributed by atoms with Crippen LogP contribution >= 0.6 is 0 Å². The maximum absolute atomic E-state index is 12.9. The fourth-order valence-corrected chi connectivity index (χ4v) is 6.11. The lowest BCUT2D eigenvalue weighted by molar-refractivity contribution is -0.117. The molecule has 2 fully saturated rings. The van der Waals surface area contributed by atoms with E-state index < -0.39 is 10.0 Å². The quantitative estimate of drug-likeness (QED) is 0.635. The standard InChI is InChI=1S/C26H33N5O3S/c27-19-22-5-7-23(8-6-22)20-29-15-17-30(18-16-29)21-26(32)28-24-9-11-25(12-10-24)35(33,34)31-13-3-1-2-4-14-31/h5-12H,1-4,13-18,20-21H2,(H,28,32). The smallest absolute Gasteiger partial charge is 0.243 e. The van der Waals surface area contributed by atoms with Crippen molar-refractivity contribution in [1.29, 1.82) is 5.26 Å². The molecule has 0 aliphatic carbocycles. The minimum Gasteiger partial charge on any atom is -0.325 e. The molecule has 2 aromatic carbocycles. The summed E-state index contributed by atoms with van der Waals surface area (Å²) in [6, 6.07) is 16.3. The molecular formula is C26H33N5O3S. The third kappa shape index (κ3) is 6.89. The monoisotopic (exact) mass is 495 g/mol. The van der Waals surface area contributed by atoms with E-state index in [2.05, 4.69) is 21.2 Å². The molecule has 2 aliphatic rings. The lowest BCUT2D eigenvalue weighted by Crippen LogP contribution is -2.48. The molecule has 1 amide bonds. The maximum atomic E-state index is 12.9. The highest BCUT2D eigenvalue weighted by molar-refractivity contribution is 7.89. The number of amides is 1. The lowest BCUT2D eigenvalue weighted by Gasteiger charge is -2.34. The van der Waals surface area contributed by atoms with Crippen LogP contribution in [0.5, 0.6) is 0 Å². The third-order valence-corrected chi connectivity index (χ3v) is 8.58. The molecular weight excluding hydrogens is 462 g/mol. The van der Waals surface area contributed by atoms with Gasteiger partial charge in [0.15, 0.2) is 0 Å². The van der Waals surface area contributed by atoms with Crippen molar-refractivity contribution >= 4 is 21.6 Å². The molecule has 4 rings (SSSR count). The van der Waals surface area contributed by atoms with Crippen molar-refractivity contribution in [2.45, 2.75) is 37.1 Å². The summed E-state index contributed by atoms with van der Waals surface area (Å²) in [6.07, 6.45) is 3.94. The average Bonchev–Trinajstić information content (AvgIpc) is 3.16. The summed E-state index contributed by atoms with van der Waals surface area (Å²) in [5.41, 5.74) is 2.44. The number of benzene rings is 2. The predicted octanol–water partition coefficient (Wildman–Crippen LogP) is 2.88. The Morgan fingerprint density at radius 3 is 2.03 bits per heavy atom. The van der Waals surface area contributed by atoms with Gasteiger partial charge in [0, 0.05) is 51.5 Å². The van der Waals surface area contributed by atoms with Gasteiger partial charge in [0.25, 0.3) is 0 Å². The van der Waals surface area contributed by atoms with Crippen molar-refractivity contribution in [3.63, 3.8) is 0 Å². The third-order valence-electron chi connectivity index (χ3n) is 6.66. The predicted molar refractivity (Wildman–Crippen MR) is 135 cm³/mol. The molecule has 0 aromatic heterocycles. The number of nitriles is 1. The average molecular weight is 496 g/mol. The number of nitrogens with zero attached hydrogens (tertiary/aromatic N) is 4. The van der Waals surface area contributed by atoms with Crippen LogP contribution < -0.4 is 5.32 Å². The van der Waals surface area contributed by atoms with Crippen LogP contribution in [-0.2, 0) is 21.4 Å². The number of sulfonamides is 1. The molecule has 0 saturated carbocycles. The summed E-state index contributed by atoms with van der Waals surface area (Å²) in [4.78, 5) is 17.3. The molecule has 8 nitrogen and oxygen atoms in total. The van der Waals surface area contributed by atoms with Crippen LogP contribution in [0.3, 0.4) is 0 Å². The molecule has 0 bridgehead atoms. The first-order valence-corrected chi connectivity index (χ1v) is 13.7. The number of hydrogen-bond donors (Lipinski definition) is 1. The minimum absolute atomic E-state index is 0.103. The Morgan fingerprint density at radius 2 is 1.43 bits per heavy atom. The summed E-state index contributed by atoms with van der Waals surface area (Å²) in [6.45, 7) is 5.63. The number of carbonyl (C=O) groups excluding carboxylic acids is 1. The normalized spacial score (nSPS) is 18.5. The van der Waals surface area contributed by atoms with Gasteiger partial charge in [-0.2, -0.15) is 9.57 Å². The molecule has 0 spiro atoms. The van der Waals surface area contributed by atoms with E-state index in [1.807, 2.05) is 24.3 Å². The molecule has 2 heterocycles. The van der Waals surface area contributed by atoms with Gasteiger partial charge in [0.1, 0.15) is 0 Å². The number of anilines is 1. The Balaban J connectivity index is 1.23. The molecule has 35 heavy (non-hydrogen) atoms. The van der Waals surface area contributed by atoms with E-state index in [-0.39, 0.29) is 10.8 Å². The molecule has 0 unspecified atom stereocenters. The summed E-state index contributed by atoms with van der Waals surface area (Å²) >= 11 is 0. The second-order valence-electron chi connectivity index (χ2n) is 9.25. The zero-order valence-electron chi connectivity index (χ0n) is 20.0. The number of piperazine rings is 1. The molecule has 0 atom stereocenters. The second-order valence-corrected chi connectivity index (χ2v) is 11.2. The molecule has 186 valence electrons. The fraction of sp³-hybridized carbons (Fsp3) is 0.462. The highest BCUT2D eigenvalue weighted by Gasteiger charge is 2.25. The van der Waals surface area contributed by atoms with Gasteiger partial charge in [-0.15, -0.1) is 0 Å². The SMILES string of the molecule is N#Cc1ccc(CN2CCN(CC(=O)Nc3ccc(S(=O)(=O)N4CCCCCC4)cc3)CC2)cc1. The zero-order valence-corrected chi connectivity index (χ0v) is 20.8. The Kier molecular flexibility index (Phi) is 8.52. The van der Waals surface area contributed by atoms with Crippen molar-refractivity contribution in [2.24, 2.45) is 0 Å². The summed E-state index contributed by atoms with van der Waals surface area (Å²) in [5, 5.41) is 11.8. The summed E-state index contributed by atoms with van der Waals surface area (Å²) < 4.78 is 27.4. The molecule has 2 aliphatic heterocycles. The van der Waals surface area contributed by atoms with Gasteiger partial charge in [-0.1, -0.05) is 25.0 Å². The second kappa shape index (κ2) is 11.8. The van der Waals surface area contributed by atoms with Gasteiger partial charge < -0.3 is 5.32 Å². The molecule has 9 heteroatoms. The van der Waals surface area contributed by atoms with Crippen molar-refractivity contribution in [2.75, 3.05) is 51.1 Å². The van der Waals surface area contributed by atoms with Gasteiger partial charge in [-0.25, -0.2) is 8.42 Å². The molecule has 0 radical (unpaired) electrons.